The molecule has 1 N–H and O–H groups in total. The quantitative estimate of drug-likeness (QED) is 0.284. The fourth-order valence-corrected chi connectivity index (χ4v) is 7.29. The van der Waals surface area contributed by atoms with Crippen molar-refractivity contribution in [3.05, 3.63) is 71.3 Å². The van der Waals surface area contributed by atoms with Gasteiger partial charge in [0.05, 0.1) is 13.2 Å². The van der Waals surface area contributed by atoms with E-state index in [1.54, 1.807) is 13.8 Å². The molecular formula is C23H33O6PS. The lowest BCUT2D eigenvalue weighted by Crippen LogP contribution is -2.23. The van der Waals surface area contributed by atoms with E-state index in [0.717, 1.165) is 24.8 Å². The lowest BCUT2D eigenvalue weighted by molar-refractivity contribution is 0.215. The number of hydrogen-bond donors (Lipinski definition) is 1. The highest BCUT2D eigenvalue weighted by atomic mass is 32.2. The molecule has 0 aliphatic carbocycles. The molecule has 2 aromatic rings. The lowest BCUT2D eigenvalue weighted by Gasteiger charge is -2.24. The first kappa shape index (κ1) is 25.8. The Morgan fingerprint density at radius 2 is 1.26 bits per heavy atom. The van der Waals surface area contributed by atoms with Crippen molar-refractivity contribution < 1.29 is 26.6 Å². The summed E-state index contributed by atoms with van der Waals surface area (Å²) in [6.45, 7) is 3.28. The molecule has 0 amide bonds. The third kappa shape index (κ3) is 8.51. The summed E-state index contributed by atoms with van der Waals surface area (Å²) in [5.74, 6) is 0. The maximum Gasteiger partial charge on any atom is 0.351 e. The predicted octanol–water partition coefficient (Wildman–Crippen LogP) is 5.66. The van der Waals surface area contributed by atoms with Gasteiger partial charge in [-0.2, -0.15) is 8.42 Å². The van der Waals surface area contributed by atoms with Gasteiger partial charge in [-0.15, -0.1) is 0 Å². The van der Waals surface area contributed by atoms with Crippen molar-refractivity contribution in [1.82, 2.24) is 0 Å². The van der Waals surface area contributed by atoms with Crippen LogP contribution in [-0.4, -0.2) is 31.2 Å². The summed E-state index contributed by atoms with van der Waals surface area (Å²) in [7, 11) is -8.53. The third-order valence-corrected chi connectivity index (χ3v) is 9.72. The monoisotopic (exact) mass is 468 g/mol. The van der Waals surface area contributed by atoms with E-state index in [2.05, 4.69) is 36.4 Å². The van der Waals surface area contributed by atoms with Gasteiger partial charge in [0.25, 0.3) is 10.1 Å². The highest BCUT2D eigenvalue weighted by molar-refractivity contribution is 7.94. The van der Waals surface area contributed by atoms with Crippen LogP contribution in [0.2, 0.25) is 0 Å². The van der Waals surface area contributed by atoms with E-state index in [0.29, 0.717) is 12.8 Å². The van der Waals surface area contributed by atoms with Crippen LogP contribution in [0.4, 0.5) is 0 Å². The number of aryl methyl sites for hydroxylation is 3. The van der Waals surface area contributed by atoms with Crippen LogP contribution in [0.3, 0.4) is 0 Å². The Labute approximate surface area is 186 Å². The van der Waals surface area contributed by atoms with Crippen LogP contribution in [-0.2, 0) is 43.0 Å². The van der Waals surface area contributed by atoms with Gasteiger partial charge in [0.1, 0.15) is 0 Å². The first-order chi connectivity index (χ1) is 14.8. The molecule has 0 heterocycles. The highest BCUT2D eigenvalue weighted by Gasteiger charge is 2.43. The van der Waals surface area contributed by atoms with Crippen molar-refractivity contribution in [2.45, 2.75) is 57.4 Å². The van der Waals surface area contributed by atoms with Gasteiger partial charge >= 0.3 is 7.60 Å². The second-order valence-corrected chi connectivity index (χ2v) is 11.6. The van der Waals surface area contributed by atoms with Gasteiger partial charge in [-0.1, -0.05) is 54.6 Å². The molecule has 31 heavy (non-hydrogen) atoms. The van der Waals surface area contributed by atoms with E-state index in [1.165, 1.54) is 11.1 Å². The fraction of sp³-hybridized carbons (Fsp3) is 0.478. The number of hydrogen-bond acceptors (Lipinski definition) is 5. The van der Waals surface area contributed by atoms with Crippen LogP contribution in [0.25, 0.3) is 0 Å². The summed E-state index contributed by atoms with van der Waals surface area (Å²) in [6.07, 6.45) is 4.14. The van der Waals surface area contributed by atoms with Crippen molar-refractivity contribution in [2.75, 3.05) is 13.2 Å². The van der Waals surface area contributed by atoms with E-state index in [4.69, 9.17) is 9.05 Å². The van der Waals surface area contributed by atoms with Crippen LogP contribution < -0.4 is 0 Å². The number of benzene rings is 2. The van der Waals surface area contributed by atoms with Crippen LogP contribution in [0.1, 0.15) is 49.8 Å². The summed E-state index contributed by atoms with van der Waals surface area (Å²) >= 11 is 0. The largest absolute Gasteiger partial charge is 0.351 e. The molecule has 0 saturated heterocycles. The van der Waals surface area contributed by atoms with Gasteiger partial charge in [-0.25, -0.2) is 0 Å². The zero-order valence-electron chi connectivity index (χ0n) is 18.3. The van der Waals surface area contributed by atoms with Crippen molar-refractivity contribution in [3.63, 3.8) is 0 Å². The second kappa shape index (κ2) is 12.5. The summed E-state index contributed by atoms with van der Waals surface area (Å²) in [4.78, 5) is -1.57. The highest BCUT2D eigenvalue weighted by Crippen LogP contribution is 2.56. The summed E-state index contributed by atoms with van der Waals surface area (Å²) in [5.41, 5.74) is 3.65. The van der Waals surface area contributed by atoms with Crippen LogP contribution >= 0.6 is 7.60 Å². The van der Waals surface area contributed by atoms with E-state index in [9.17, 15) is 17.5 Å². The topological polar surface area (TPSA) is 89.9 Å². The molecule has 1 unspecified atom stereocenters. The zero-order chi connectivity index (χ0) is 22.7. The molecule has 0 spiro atoms. The van der Waals surface area contributed by atoms with Gasteiger partial charge in [0.2, 0.25) is 0 Å². The Morgan fingerprint density at radius 1 is 0.806 bits per heavy atom. The Kier molecular flexibility index (Phi) is 10.4. The second-order valence-electron chi connectivity index (χ2n) is 7.39. The Balaban J connectivity index is 1.88. The minimum atomic E-state index is -4.57. The summed E-state index contributed by atoms with van der Waals surface area (Å²) in [5, 5.41) is 0. The van der Waals surface area contributed by atoms with Gasteiger partial charge in [-0.05, 0) is 69.1 Å². The maximum absolute atomic E-state index is 12.9. The average Bonchev–Trinajstić information content (AvgIpc) is 2.72. The minimum absolute atomic E-state index is 0.00502. The van der Waals surface area contributed by atoms with E-state index < -0.39 is 22.7 Å². The molecule has 0 fully saturated rings. The number of rotatable bonds is 14. The third-order valence-electron chi connectivity index (χ3n) is 5.03. The zero-order valence-corrected chi connectivity index (χ0v) is 20.0. The molecule has 6 nitrogen and oxygen atoms in total. The molecule has 1 atom stereocenters. The Morgan fingerprint density at radius 3 is 1.71 bits per heavy atom. The average molecular weight is 469 g/mol. The fourth-order valence-electron chi connectivity index (χ4n) is 3.53. The van der Waals surface area contributed by atoms with Crippen molar-refractivity contribution in [2.24, 2.45) is 0 Å². The standard InChI is InChI=1S/C23H33O6PS/c1-3-28-30(24,29-4-2)23(31(25,26)27)15-9-14-22-18-16-21(17-19-22)13-8-12-20-10-6-5-7-11-20/h5-7,10-11,16-19,23H,3-4,8-9,12-15H2,1-2H3,(H,25,26,27). The van der Waals surface area contributed by atoms with Crippen LogP contribution in [0, 0.1) is 0 Å². The van der Waals surface area contributed by atoms with Crippen molar-refractivity contribution >= 4 is 17.7 Å². The van der Waals surface area contributed by atoms with Gasteiger partial charge in [0, 0.05) is 0 Å². The smallest absolute Gasteiger partial charge is 0.308 e. The molecular weight excluding hydrogens is 435 g/mol. The lowest BCUT2D eigenvalue weighted by atomic mass is 10.0. The summed E-state index contributed by atoms with van der Waals surface area (Å²) < 4.78 is 56.4. The molecule has 2 aromatic carbocycles. The normalized spacial score (nSPS) is 13.3. The van der Waals surface area contributed by atoms with Gasteiger partial charge < -0.3 is 9.05 Å². The molecule has 0 bridgehead atoms. The molecule has 0 aliphatic rings. The molecule has 0 aliphatic heterocycles. The minimum Gasteiger partial charge on any atom is -0.308 e. The van der Waals surface area contributed by atoms with Crippen molar-refractivity contribution in [3.8, 4) is 0 Å². The molecule has 172 valence electrons. The maximum atomic E-state index is 12.9. The molecule has 0 aromatic heterocycles. The van der Waals surface area contributed by atoms with Gasteiger partial charge in [0.15, 0.2) is 4.99 Å². The van der Waals surface area contributed by atoms with Gasteiger partial charge in [-0.3, -0.25) is 9.12 Å². The first-order valence-electron chi connectivity index (χ1n) is 10.8. The molecule has 0 saturated carbocycles. The molecule has 8 heteroatoms. The van der Waals surface area contributed by atoms with Crippen LogP contribution in [0.5, 0.6) is 0 Å². The van der Waals surface area contributed by atoms with Crippen molar-refractivity contribution in [1.29, 1.82) is 0 Å². The SMILES string of the molecule is CCOP(=O)(OCC)C(CCCc1ccc(CCCc2ccccc2)cc1)S(=O)(=O)O. The molecule has 2 rings (SSSR count). The first-order valence-corrected chi connectivity index (χ1v) is 13.9. The van der Waals surface area contributed by atoms with E-state index in [1.807, 2.05) is 18.2 Å². The van der Waals surface area contributed by atoms with E-state index in [-0.39, 0.29) is 19.6 Å². The van der Waals surface area contributed by atoms with E-state index >= 15 is 0 Å². The predicted molar refractivity (Wildman–Crippen MR) is 124 cm³/mol. The van der Waals surface area contributed by atoms with Crippen LogP contribution in [0.15, 0.2) is 54.6 Å². The Hall–Kier alpha value is -1.50. The Bertz CT molecular complexity index is 918. The molecule has 0 radical (unpaired) electrons. The summed E-state index contributed by atoms with van der Waals surface area (Å²) in [6, 6.07) is 18.6.